The van der Waals surface area contributed by atoms with Crippen molar-refractivity contribution in [1.82, 2.24) is 30.0 Å². The quantitative estimate of drug-likeness (QED) is 0.741. The van der Waals surface area contributed by atoms with Crippen LogP contribution >= 0.6 is 12.4 Å². The fourth-order valence-corrected chi connectivity index (χ4v) is 4.50. The number of aromatic nitrogens is 4. The van der Waals surface area contributed by atoms with Gasteiger partial charge in [-0.25, -0.2) is 4.98 Å². The average Bonchev–Trinajstić information content (AvgIpc) is 3.06. The molecule has 4 rings (SSSR count). The molecule has 0 radical (unpaired) electrons. The summed E-state index contributed by atoms with van der Waals surface area (Å²) in [4.78, 5) is 19.9. The van der Waals surface area contributed by atoms with E-state index in [0.717, 1.165) is 63.3 Å². The smallest absolute Gasteiger partial charge is 0.275 e. The second-order valence-electron chi connectivity index (χ2n) is 7.92. The van der Waals surface area contributed by atoms with Crippen molar-refractivity contribution in [3.05, 3.63) is 35.7 Å². The zero-order chi connectivity index (χ0) is 18.9. The molecule has 28 heavy (non-hydrogen) atoms. The van der Waals surface area contributed by atoms with Gasteiger partial charge < -0.3 is 14.8 Å². The Hall–Kier alpha value is -1.86. The number of amides is 1. The van der Waals surface area contributed by atoms with E-state index in [-0.39, 0.29) is 23.7 Å². The number of halogens is 1. The molecule has 1 spiro atoms. The Labute approximate surface area is 172 Å². The molecular weight excluding hydrogens is 376 g/mol. The number of nitrogens with zero attached hydrogens (tertiary/aromatic N) is 4. The Morgan fingerprint density at radius 2 is 2.14 bits per heavy atom. The van der Waals surface area contributed by atoms with Gasteiger partial charge >= 0.3 is 0 Å². The number of carbonyl (C=O) groups is 1. The van der Waals surface area contributed by atoms with Crippen LogP contribution < -0.4 is 5.32 Å². The number of aromatic amines is 1. The Morgan fingerprint density at radius 3 is 2.86 bits per heavy atom. The Bertz CT molecular complexity index is 794. The lowest BCUT2D eigenvalue weighted by Crippen LogP contribution is -2.39. The van der Waals surface area contributed by atoms with Crippen molar-refractivity contribution < 1.29 is 4.79 Å². The van der Waals surface area contributed by atoms with E-state index in [2.05, 4.69) is 38.9 Å². The lowest BCUT2D eigenvalue weighted by atomic mass is 9.93. The van der Waals surface area contributed by atoms with Crippen LogP contribution in [0.4, 0.5) is 0 Å². The van der Waals surface area contributed by atoms with Gasteiger partial charge in [0.15, 0.2) is 0 Å². The second-order valence-corrected chi connectivity index (χ2v) is 7.92. The first-order chi connectivity index (χ1) is 13.2. The summed E-state index contributed by atoms with van der Waals surface area (Å²) in [7, 11) is 0. The zero-order valence-electron chi connectivity index (χ0n) is 16.8. The number of hydrogen-bond acceptors (Lipinski definition) is 4. The molecule has 1 saturated heterocycles. The Morgan fingerprint density at radius 1 is 1.36 bits per heavy atom. The maximum atomic E-state index is 13.4. The lowest BCUT2D eigenvalue weighted by molar-refractivity contribution is 0.0679. The van der Waals surface area contributed by atoms with E-state index in [1.54, 1.807) is 0 Å². The predicted molar refractivity (Wildman–Crippen MR) is 111 cm³/mol. The van der Waals surface area contributed by atoms with Crippen molar-refractivity contribution in [3.63, 3.8) is 0 Å². The topological polar surface area (TPSA) is 78.8 Å². The van der Waals surface area contributed by atoms with Gasteiger partial charge in [-0.1, -0.05) is 13.3 Å². The molecule has 2 aromatic rings. The van der Waals surface area contributed by atoms with Crippen LogP contribution in [-0.2, 0) is 19.5 Å². The molecular formula is C20H31ClN6O. The Balaban J connectivity index is 0.00000225. The largest absolute Gasteiger partial charge is 0.334 e. The number of carbonyl (C=O) groups excluding carboxylic acids is 1. The SMILES string of the molecule is CCCc1cc(C(=O)N(Cc2nccn2CC)C2CC23CCNCC3)n[nH]1.Cl. The van der Waals surface area contributed by atoms with Crippen LogP contribution in [0.1, 0.15) is 61.5 Å². The van der Waals surface area contributed by atoms with Crippen LogP contribution in [0.5, 0.6) is 0 Å². The highest BCUT2D eigenvalue weighted by Gasteiger charge is 2.58. The monoisotopic (exact) mass is 406 g/mol. The van der Waals surface area contributed by atoms with E-state index in [1.807, 2.05) is 23.4 Å². The highest BCUT2D eigenvalue weighted by Crippen LogP contribution is 2.56. The van der Waals surface area contributed by atoms with Crippen molar-refractivity contribution in [2.45, 2.75) is 65.1 Å². The van der Waals surface area contributed by atoms with E-state index < -0.39 is 0 Å². The summed E-state index contributed by atoms with van der Waals surface area (Å²) in [6, 6.07) is 2.21. The molecule has 1 aliphatic carbocycles. The third-order valence-corrected chi connectivity index (χ3v) is 6.21. The Kier molecular flexibility index (Phi) is 6.45. The van der Waals surface area contributed by atoms with Gasteiger partial charge in [0, 0.05) is 30.7 Å². The van der Waals surface area contributed by atoms with Crippen LogP contribution in [-0.4, -0.2) is 49.7 Å². The van der Waals surface area contributed by atoms with E-state index in [0.29, 0.717) is 18.3 Å². The van der Waals surface area contributed by atoms with E-state index in [1.165, 1.54) is 0 Å². The van der Waals surface area contributed by atoms with Gasteiger partial charge in [0.25, 0.3) is 5.91 Å². The first kappa shape index (κ1) is 20.9. The van der Waals surface area contributed by atoms with E-state index in [9.17, 15) is 4.79 Å². The molecule has 2 aromatic heterocycles. The lowest BCUT2D eigenvalue weighted by Gasteiger charge is -2.29. The number of nitrogens with one attached hydrogen (secondary N) is 2. The molecule has 3 heterocycles. The first-order valence-electron chi connectivity index (χ1n) is 10.2. The molecule has 1 unspecified atom stereocenters. The van der Waals surface area contributed by atoms with Crippen molar-refractivity contribution >= 4 is 18.3 Å². The van der Waals surface area contributed by atoms with Gasteiger partial charge in [0.05, 0.1) is 6.54 Å². The van der Waals surface area contributed by atoms with Gasteiger partial charge in [-0.15, -0.1) is 12.4 Å². The normalized spacial score (nSPS) is 20.0. The highest BCUT2D eigenvalue weighted by molar-refractivity contribution is 5.93. The molecule has 1 saturated carbocycles. The van der Waals surface area contributed by atoms with Crippen LogP contribution in [0, 0.1) is 5.41 Å². The standard InChI is InChI=1S/C20H30N6O.ClH/c1-3-5-15-12-16(24-23-15)19(27)26(14-18-22-10-11-25(18)4-2)17-13-20(17)6-8-21-9-7-20;/h10-12,17,21H,3-9,13-14H2,1-2H3,(H,23,24);1H. The molecule has 0 aromatic carbocycles. The van der Waals surface area contributed by atoms with Crippen LogP contribution in [0.15, 0.2) is 18.5 Å². The molecule has 8 heteroatoms. The van der Waals surface area contributed by atoms with Gasteiger partial charge in [-0.3, -0.25) is 9.89 Å². The molecule has 1 atom stereocenters. The number of H-pyrrole nitrogens is 1. The second kappa shape index (κ2) is 8.66. The highest BCUT2D eigenvalue weighted by atomic mass is 35.5. The summed E-state index contributed by atoms with van der Waals surface area (Å²) in [5, 5.41) is 10.8. The number of hydrogen-bond donors (Lipinski definition) is 2. The van der Waals surface area contributed by atoms with Crippen molar-refractivity contribution in [2.24, 2.45) is 5.41 Å². The summed E-state index contributed by atoms with van der Waals surface area (Å²) >= 11 is 0. The number of imidazole rings is 1. The maximum Gasteiger partial charge on any atom is 0.275 e. The zero-order valence-corrected chi connectivity index (χ0v) is 17.6. The number of piperidine rings is 1. The minimum Gasteiger partial charge on any atom is -0.334 e. The van der Waals surface area contributed by atoms with Crippen LogP contribution in [0.2, 0.25) is 0 Å². The maximum absolute atomic E-state index is 13.4. The van der Waals surface area contributed by atoms with Gasteiger partial charge in [-0.2, -0.15) is 5.10 Å². The van der Waals surface area contributed by atoms with E-state index >= 15 is 0 Å². The predicted octanol–water partition coefficient (Wildman–Crippen LogP) is 2.78. The molecule has 154 valence electrons. The minimum absolute atomic E-state index is 0. The minimum atomic E-state index is 0. The van der Waals surface area contributed by atoms with Gasteiger partial charge in [-0.05, 0) is 57.2 Å². The van der Waals surface area contributed by atoms with Crippen molar-refractivity contribution in [3.8, 4) is 0 Å². The summed E-state index contributed by atoms with van der Waals surface area (Å²) in [6.07, 6.45) is 9.14. The van der Waals surface area contributed by atoms with Crippen molar-refractivity contribution in [1.29, 1.82) is 0 Å². The van der Waals surface area contributed by atoms with E-state index in [4.69, 9.17) is 0 Å². The molecule has 2 fully saturated rings. The fraction of sp³-hybridized carbons (Fsp3) is 0.650. The molecule has 2 N–H and O–H groups in total. The van der Waals surface area contributed by atoms with Gasteiger partial charge in [0.2, 0.25) is 0 Å². The molecule has 1 aliphatic heterocycles. The summed E-state index contributed by atoms with van der Waals surface area (Å²) in [6.45, 7) is 7.74. The number of rotatable bonds is 7. The van der Waals surface area contributed by atoms with Crippen LogP contribution in [0.25, 0.3) is 0 Å². The molecule has 1 amide bonds. The summed E-state index contributed by atoms with van der Waals surface area (Å²) in [5.41, 5.74) is 1.85. The third-order valence-electron chi connectivity index (χ3n) is 6.21. The average molecular weight is 407 g/mol. The fourth-order valence-electron chi connectivity index (χ4n) is 4.50. The molecule has 7 nitrogen and oxygen atoms in total. The van der Waals surface area contributed by atoms with Gasteiger partial charge in [0.1, 0.15) is 11.5 Å². The summed E-state index contributed by atoms with van der Waals surface area (Å²) in [5.74, 6) is 0.978. The molecule has 0 bridgehead atoms. The number of aryl methyl sites for hydroxylation is 2. The van der Waals surface area contributed by atoms with Crippen molar-refractivity contribution in [2.75, 3.05) is 13.1 Å². The molecule has 2 aliphatic rings. The summed E-state index contributed by atoms with van der Waals surface area (Å²) < 4.78 is 2.12. The van der Waals surface area contributed by atoms with Crippen LogP contribution in [0.3, 0.4) is 0 Å². The first-order valence-corrected chi connectivity index (χ1v) is 10.2. The third kappa shape index (κ3) is 3.96.